The number of hydrogen-bond acceptors (Lipinski definition) is 1. The Morgan fingerprint density at radius 3 is 2.14 bits per heavy atom. The summed E-state index contributed by atoms with van der Waals surface area (Å²) >= 11 is 0. The van der Waals surface area contributed by atoms with Crippen LogP contribution in [-0.2, 0) is 0 Å². The SMILES string of the molecule is CCCN(C)CC(CC)CC(C)CC. The molecule has 0 saturated carbocycles. The second kappa shape index (κ2) is 8.28. The van der Waals surface area contributed by atoms with Gasteiger partial charge >= 0.3 is 0 Å². The molecule has 0 aliphatic carbocycles. The van der Waals surface area contributed by atoms with Gasteiger partial charge in [0, 0.05) is 6.54 Å². The molecule has 0 aromatic rings. The van der Waals surface area contributed by atoms with Crippen molar-refractivity contribution in [2.24, 2.45) is 11.8 Å². The number of rotatable bonds is 8. The van der Waals surface area contributed by atoms with Crippen molar-refractivity contribution in [1.82, 2.24) is 4.90 Å². The average molecular weight is 199 g/mol. The first kappa shape index (κ1) is 14.0. The predicted octanol–water partition coefficient (Wildman–Crippen LogP) is 3.79. The highest BCUT2D eigenvalue weighted by molar-refractivity contribution is 4.65. The lowest BCUT2D eigenvalue weighted by molar-refractivity contribution is 0.243. The van der Waals surface area contributed by atoms with E-state index in [2.05, 4.69) is 39.6 Å². The Morgan fingerprint density at radius 1 is 1.07 bits per heavy atom. The van der Waals surface area contributed by atoms with E-state index >= 15 is 0 Å². The molecular weight excluding hydrogens is 170 g/mol. The van der Waals surface area contributed by atoms with Crippen LogP contribution < -0.4 is 0 Å². The molecule has 86 valence electrons. The zero-order valence-electron chi connectivity index (χ0n) is 10.8. The minimum atomic E-state index is 0.898. The van der Waals surface area contributed by atoms with Gasteiger partial charge in [-0.05, 0) is 38.3 Å². The third kappa shape index (κ3) is 6.42. The van der Waals surface area contributed by atoms with Gasteiger partial charge < -0.3 is 4.90 Å². The zero-order chi connectivity index (χ0) is 11.0. The van der Waals surface area contributed by atoms with E-state index in [1.165, 1.54) is 38.8 Å². The second-order valence-corrected chi connectivity index (χ2v) is 4.79. The summed E-state index contributed by atoms with van der Waals surface area (Å²) in [7, 11) is 2.25. The van der Waals surface area contributed by atoms with Gasteiger partial charge in [-0.15, -0.1) is 0 Å². The molecule has 0 bridgehead atoms. The molecule has 0 aromatic carbocycles. The van der Waals surface area contributed by atoms with Gasteiger partial charge in [-0.2, -0.15) is 0 Å². The van der Waals surface area contributed by atoms with Crippen molar-refractivity contribution in [2.75, 3.05) is 20.1 Å². The second-order valence-electron chi connectivity index (χ2n) is 4.79. The van der Waals surface area contributed by atoms with Crippen LogP contribution in [0, 0.1) is 11.8 Å². The molecule has 0 heterocycles. The first-order valence-electron chi connectivity index (χ1n) is 6.32. The summed E-state index contributed by atoms with van der Waals surface area (Å²) in [6, 6.07) is 0. The molecule has 0 aromatic heterocycles. The first-order chi connectivity index (χ1) is 6.63. The van der Waals surface area contributed by atoms with E-state index in [-0.39, 0.29) is 0 Å². The quantitative estimate of drug-likeness (QED) is 0.575. The standard InChI is InChI=1S/C13H29N/c1-6-9-14(5)11-13(8-3)10-12(4)7-2/h12-13H,6-11H2,1-5H3. The molecule has 0 amide bonds. The number of hydrogen-bond donors (Lipinski definition) is 0. The summed E-state index contributed by atoms with van der Waals surface area (Å²) in [4.78, 5) is 2.48. The molecule has 0 radical (unpaired) electrons. The van der Waals surface area contributed by atoms with Gasteiger partial charge in [0.2, 0.25) is 0 Å². The van der Waals surface area contributed by atoms with Gasteiger partial charge in [-0.1, -0.05) is 40.5 Å². The van der Waals surface area contributed by atoms with Crippen LogP contribution in [0.2, 0.25) is 0 Å². The lowest BCUT2D eigenvalue weighted by atomic mass is 9.92. The maximum Gasteiger partial charge on any atom is 0.000660 e. The van der Waals surface area contributed by atoms with Crippen LogP contribution in [0.1, 0.15) is 53.4 Å². The van der Waals surface area contributed by atoms with E-state index < -0.39 is 0 Å². The first-order valence-corrected chi connectivity index (χ1v) is 6.32. The lowest BCUT2D eigenvalue weighted by Crippen LogP contribution is -2.27. The summed E-state index contributed by atoms with van der Waals surface area (Å²) < 4.78 is 0. The van der Waals surface area contributed by atoms with Gasteiger partial charge in [0.05, 0.1) is 0 Å². The summed E-state index contributed by atoms with van der Waals surface area (Å²) in [6.45, 7) is 11.8. The Kier molecular flexibility index (Phi) is 8.26. The molecule has 0 saturated heterocycles. The fraction of sp³-hybridized carbons (Fsp3) is 1.00. The Labute approximate surface area is 90.9 Å². The summed E-state index contributed by atoms with van der Waals surface area (Å²) in [5, 5.41) is 0. The Morgan fingerprint density at radius 2 is 1.71 bits per heavy atom. The van der Waals surface area contributed by atoms with Gasteiger partial charge in [-0.25, -0.2) is 0 Å². The van der Waals surface area contributed by atoms with E-state index in [4.69, 9.17) is 0 Å². The molecule has 0 aliphatic rings. The highest BCUT2D eigenvalue weighted by Gasteiger charge is 2.12. The van der Waals surface area contributed by atoms with Crippen LogP contribution in [0.25, 0.3) is 0 Å². The van der Waals surface area contributed by atoms with Crippen molar-refractivity contribution >= 4 is 0 Å². The number of nitrogens with zero attached hydrogens (tertiary/aromatic N) is 1. The largest absolute Gasteiger partial charge is 0.306 e. The van der Waals surface area contributed by atoms with Crippen molar-refractivity contribution in [3.63, 3.8) is 0 Å². The molecule has 0 aliphatic heterocycles. The fourth-order valence-corrected chi connectivity index (χ4v) is 2.02. The van der Waals surface area contributed by atoms with E-state index in [1.54, 1.807) is 0 Å². The molecular formula is C13H29N. The van der Waals surface area contributed by atoms with Gasteiger partial charge in [-0.3, -0.25) is 0 Å². The summed E-state index contributed by atoms with van der Waals surface area (Å²) in [5.41, 5.74) is 0. The molecule has 1 heteroatoms. The van der Waals surface area contributed by atoms with Crippen LogP contribution in [-0.4, -0.2) is 25.0 Å². The third-order valence-electron chi connectivity index (χ3n) is 3.19. The fourth-order valence-electron chi connectivity index (χ4n) is 2.02. The normalized spacial score (nSPS) is 15.9. The molecule has 14 heavy (non-hydrogen) atoms. The third-order valence-corrected chi connectivity index (χ3v) is 3.19. The van der Waals surface area contributed by atoms with Crippen molar-refractivity contribution in [2.45, 2.75) is 53.4 Å². The van der Waals surface area contributed by atoms with Gasteiger partial charge in [0.25, 0.3) is 0 Å². The average Bonchev–Trinajstić information content (AvgIpc) is 2.16. The monoisotopic (exact) mass is 199 g/mol. The van der Waals surface area contributed by atoms with Crippen molar-refractivity contribution in [3.8, 4) is 0 Å². The topological polar surface area (TPSA) is 3.24 Å². The molecule has 0 N–H and O–H groups in total. The summed E-state index contributed by atoms with van der Waals surface area (Å²) in [6.07, 6.45) is 5.34. The molecule has 0 fully saturated rings. The molecule has 0 spiro atoms. The van der Waals surface area contributed by atoms with E-state index in [9.17, 15) is 0 Å². The molecule has 2 unspecified atom stereocenters. The molecule has 0 rings (SSSR count). The maximum absolute atomic E-state index is 2.48. The summed E-state index contributed by atoms with van der Waals surface area (Å²) in [5.74, 6) is 1.80. The maximum atomic E-state index is 2.48. The van der Waals surface area contributed by atoms with Crippen LogP contribution in [0.15, 0.2) is 0 Å². The predicted molar refractivity (Wildman–Crippen MR) is 65.6 cm³/mol. The van der Waals surface area contributed by atoms with Crippen LogP contribution in [0.5, 0.6) is 0 Å². The minimum absolute atomic E-state index is 0.898. The van der Waals surface area contributed by atoms with E-state index in [1.807, 2.05) is 0 Å². The minimum Gasteiger partial charge on any atom is -0.306 e. The van der Waals surface area contributed by atoms with Crippen molar-refractivity contribution in [1.29, 1.82) is 0 Å². The Balaban J connectivity index is 3.77. The van der Waals surface area contributed by atoms with E-state index in [0.29, 0.717) is 0 Å². The molecule has 1 nitrogen and oxygen atoms in total. The molecule has 2 atom stereocenters. The Bertz CT molecular complexity index is 122. The highest BCUT2D eigenvalue weighted by Crippen LogP contribution is 2.18. The van der Waals surface area contributed by atoms with Gasteiger partial charge in [0.1, 0.15) is 0 Å². The zero-order valence-corrected chi connectivity index (χ0v) is 10.8. The smallest absolute Gasteiger partial charge is 0.000660 e. The van der Waals surface area contributed by atoms with Crippen molar-refractivity contribution < 1.29 is 0 Å². The Hall–Kier alpha value is -0.0400. The lowest BCUT2D eigenvalue weighted by Gasteiger charge is -2.24. The van der Waals surface area contributed by atoms with Crippen molar-refractivity contribution in [3.05, 3.63) is 0 Å². The van der Waals surface area contributed by atoms with E-state index in [0.717, 1.165) is 11.8 Å². The van der Waals surface area contributed by atoms with Crippen LogP contribution in [0.3, 0.4) is 0 Å². The highest BCUT2D eigenvalue weighted by atomic mass is 15.1. The van der Waals surface area contributed by atoms with Crippen LogP contribution in [0.4, 0.5) is 0 Å². The van der Waals surface area contributed by atoms with Crippen LogP contribution >= 0.6 is 0 Å². The van der Waals surface area contributed by atoms with Gasteiger partial charge in [0.15, 0.2) is 0 Å².